The van der Waals surface area contributed by atoms with Crippen LogP contribution in [0.1, 0.15) is 19.4 Å². The lowest BCUT2D eigenvalue weighted by Gasteiger charge is -2.29. The summed E-state index contributed by atoms with van der Waals surface area (Å²) in [6.45, 7) is 1.05. The fourth-order valence-corrected chi connectivity index (χ4v) is 6.27. The summed E-state index contributed by atoms with van der Waals surface area (Å²) in [6.07, 6.45) is 1.16. The molecular weight excluding hydrogens is 633 g/mol. The van der Waals surface area contributed by atoms with E-state index in [4.69, 9.17) is 46.9 Å². The normalized spacial score (nSPS) is 31.0. The molecule has 22 heteroatoms. The zero-order chi connectivity index (χ0) is 33.0. The predicted molar refractivity (Wildman–Crippen MR) is 155 cm³/mol. The SMILES string of the molecule is C#C[C@]1(COP(=O)(O)OC2C(O)[C@@H](COCC)O[C@H]2n2cnc3c(=O)[nH]c(N)nc32)O[C@@H](n2cnc3c(N)ncnc32)C(O)C1N. The highest BCUT2D eigenvalue weighted by molar-refractivity contribution is 7.47. The number of aliphatic hydroxyl groups excluding tert-OH is 2. The lowest BCUT2D eigenvalue weighted by Crippen LogP contribution is -2.51. The minimum absolute atomic E-state index is 0.0477. The molecular formula is C24H30N11O10P. The number of fused-ring (bicyclic) bond motifs is 2. The quantitative estimate of drug-likeness (QED) is 0.0681. The summed E-state index contributed by atoms with van der Waals surface area (Å²) >= 11 is 0. The second-order valence-corrected chi connectivity index (χ2v) is 11.9. The molecule has 9 atom stereocenters. The van der Waals surface area contributed by atoms with Crippen LogP contribution in [0, 0.1) is 12.3 Å². The Bertz CT molecular complexity index is 1910. The number of aliphatic hydroxyl groups is 2. The number of nitrogens with zero attached hydrogens (tertiary/aromatic N) is 7. The molecule has 246 valence electrons. The molecule has 0 aliphatic carbocycles. The molecule has 6 heterocycles. The number of aromatic nitrogens is 8. The first-order chi connectivity index (χ1) is 21.9. The summed E-state index contributed by atoms with van der Waals surface area (Å²) in [5, 5.41) is 22.1. The first kappa shape index (κ1) is 31.9. The molecule has 2 aliphatic heterocycles. The Kier molecular flexibility index (Phi) is 8.28. The Morgan fingerprint density at radius 3 is 2.57 bits per heavy atom. The van der Waals surface area contributed by atoms with Gasteiger partial charge in [0.15, 0.2) is 40.7 Å². The van der Waals surface area contributed by atoms with E-state index in [2.05, 4.69) is 35.8 Å². The van der Waals surface area contributed by atoms with Crippen molar-refractivity contribution >= 4 is 41.9 Å². The van der Waals surface area contributed by atoms with E-state index in [0.717, 1.165) is 0 Å². The van der Waals surface area contributed by atoms with Crippen LogP contribution in [-0.2, 0) is 27.8 Å². The van der Waals surface area contributed by atoms with Crippen molar-refractivity contribution in [1.29, 1.82) is 0 Å². The number of phosphoric ester groups is 1. The Labute approximate surface area is 258 Å². The van der Waals surface area contributed by atoms with E-state index in [-0.39, 0.29) is 47.3 Å². The van der Waals surface area contributed by atoms with Crippen molar-refractivity contribution in [3.05, 3.63) is 29.3 Å². The molecule has 4 aromatic rings. The van der Waals surface area contributed by atoms with Gasteiger partial charge in [-0.1, -0.05) is 5.92 Å². The number of phosphoric acid groups is 1. The molecule has 0 bridgehead atoms. The summed E-state index contributed by atoms with van der Waals surface area (Å²) < 4.78 is 43.9. The van der Waals surface area contributed by atoms with E-state index >= 15 is 0 Å². The molecule has 0 amide bonds. The second kappa shape index (κ2) is 11.9. The van der Waals surface area contributed by atoms with Crippen molar-refractivity contribution in [3.8, 4) is 12.3 Å². The number of H-pyrrole nitrogens is 1. The van der Waals surface area contributed by atoms with Gasteiger partial charge in [-0.05, 0) is 6.92 Å². The number of imidazole rings is 2. The number of nitrogens with two attached hydrogens (primary N) is 3. The third-order valence-electron chi connectivity index (χ3n) is 7.66. The Morgan fingerprint density at radius 1 is 1.13 bits per heavy atom. The molecule has 6 rings (SSSR count). The lowest BCUT2D eigenvalue weighted by atomic mass is 9.95. The van der Waals surface area contributed by atoms with Gasteiger partial charge in [-0.15, -0.1) is 6.42 Å². The van der Waals surface area contributed by atoms with Crippen LogP contribution in [0.3, 0.4) is 0 Å². The van der Waals surface area contributed by atoms with Gasteiger partial charge in [0.25, 0.3) is 5.56 Å². The molecule has 2 aliphatic rings. The fraction of sp³-hybridized carbons (Fsp3) is 0.500. The molecule has 21 nitrogen and oxygen atoms in total. The van der Waals surface area contributed by atoms with Crippen molar-refractivity contribution in [2.45, 2.75) is 55.4 Å². The van der Waals surface area contributed by atoms with Gasteiger partial charge in [-0.25, -0.2) is 24.5 Å². The number of nitrogens with one attached hydrogen (secondary N) is 1. The van der Waals surface area contributed by atoms with E-state index in [0.29, 0.717) is 0 Å². The molecule has 46 heavy (non-hydrogen) atoms. The maximum absolute atomic E-state index is 13.4. The average molecular weight is 664 g/mol. The number of nitrogen functional groups attached to an aromatic ring is 2. The molecule has 4 aromatic heterocycles. The van der Waals surface area contributed by atoms with Crippen molar-refractivity contribution in [2.24, 2.45) is 5.73 Å². The van der Waals surface area contributed by atoms with Gasteiger partial charge >= 0.3 is 7.82 Å². The largest absolute Gasteiger partial charge is 0.472 e. The Balaban J connectivity index is 1.24. The van der Waals surface area contributed by atoms with Crippen LogP contribution in [0.15, 0.2) is 23.8 Å². The van der Waals surface area contributed by atoms with Crippen molar-refractivity contribution < 1.29 is 42.9 Å². The minimum Gasteiger partial charge on any atom is -0.387 e. The molecule has 2 saturated heterocycles. The van der Waals surface area contributed by atoms with Gasteiger partial charge in [-0.2, -0.15) is 4.98 Å². The van der Waals surface area contributed by atoms with Crippen LogP contribution in [0.4, 0.5) is 11.8 Å². The smallest absolute Gasteiger partial charge is 0.387 e. The van der Waals surface area contributed by atoms with Crippen molar-refractivity contribution in [3.63, 3.8) is 0 Å². The van der Waals surface area contributed by atoms with Crippen LogP contribution >= 0.6 is 7.82 Å². The Morgan fingerprint density at radius 2 is 1.85 bits per heavy atom. The third kappa shape index (κ3) is 5.39. The van der Waals surface area contributed by atoms with Crippen LogP contribution < -0.4 is 22.8 Å². The minimum atomic E-state index is -5.13. The zero-order valence-electron chi connectivity index (χ0n) is 24.0. The van der Waals surface area contributed by atoms with Gasteiger partial charge in [0.05, 0.1) is 25.3 Å². The van der Waals surface area contributed by atoms with Gasteiger partial charge < -0.3 is 46.5 Å². The van der Waals surface area contributed by atoms with Crippen LogP contribution in [0.25, 0.3) is 22.3 Å². The zero-order valence-corrected chi connectivity index (χ0v) is 24.9. The van der Waals surface area contributed by atoms with Crippen molar-refractivity contribution in [2.75, 3.05) is 31.3 Å². The van der Waals surface area contributed by atoms with E-state index < -0.39 is 68.5 Å². The maximum atomic E-state index is 13.4. The highest BCUT2D eigenvalue weighted by Gasteiger charge is 2.55. The maximum Gasteiger partial charge on any atom is 0.472 e. The number of hydrogen-bond donors (Lipinski definition) is 7. The number of aromatic amines is 1. The topological polar surface area (TPSA) is 309 Å². The molecule has 10 N–H and O–H groups in total. The first-order valence-electron chi connectivity index (χ1n) is 13.7. The number of anilines is 2. The molecule has 0 aromatic carbocycles. The van der Waals surface area contributed by atoms with Gasteiger partial charge in [0.1, 0.15) is 42.9 Å². The standard InChI is InChI=1S/C24H30N11O10P/c1-3-24(16(25)14(37)21(44-24)34-8-30-11-17(26)28-7-29-18(11)34)6-42-46(39,40)45-15-13(36)10(5-41-4-2)43-22(15)35-9-31-12-19(35)32-23(27)33-20(12)38/h1,7-10,13-16,21-22,36-37H,4-6,25H2,2H3,(H,39,40)(H2,26,28,29)(H3,27,32,33,38)/t10-,13?,14?,15?,16?,21-,22-,24-/m1/s1. The summed E-state index contributed by atoms with van der Waals surface area (Å²) in [7, 11) is -5.13. The van der Waals surface area contributed by atoms with Gasteiger partial charge in [0.2, 0.25) is 5.95 Å². The highest BCUT2D eigenvalue weighted by Crippen LogP contribution is 2.51. The molecule has 2 fully saturated rings. The van der Waals surface area contributed by atoms with Crippen molar-refractivity contribution in [1.82, 2.24) is 39.0 Å². The highest BCUT2D eigenvalue weighted by atomic mass is 31.2. The van der Waals surface area contributed by atoms with Gasteiger partial charge in [0, 0.05) is 6.61 Å². The number of terminal acetylenes is 1. The summed E-state index contributed by atoms with van der Waals surface area (Å²) in [5.41, 5.74) is 15.5. The predicted octanol–water partition coefficient (Wildman–Crippen LogP) is -2.49. The summed E-state index contributed by atoms with van der Waals surface area (Å²) in [4.78, 5) is 45.7. The van der Waals surface area contributed by atoms with Gasteiger partial charge in [-0.3, -0.25) is 28.0 Å². The number of rotatable bonds is 10. The van der Waals surface area contributed by atoms with E-state index in [1.807, 2.05) is 0 Å². The van der Waals surface area contributed by atoms with Crippen LogP contribution in [0.5, 0.6) is 0 Å². The van der Waals surface area contributed by atoms with E-state index in [9.17, 15) is 24.5 Å². The number of ether oxygens (including phenoxy) is 3. The number of hydrogen-bond acceptors (Lipinski definition) is 17. The molecule has 0 saturated carbocycles. The summed E-state index contributed by atoms with van der Waals surface area (Å²) in [5.74, 6) is 2.16. The van der Waals surface area contributed by atoms with E-state index in [1.165, 1.54) is 28.1 Å². The fourth-order valence-electron chi connectivity index (χ4n) is 5.32. The lowest BCUT2D eigenvalue weighted by molar-refractivity contribution is -0.0840. The second-order valence-electron chi connectivity index (χ2n) is 10.4. The van der Waals surface area contributed by atoms with Crippen LogP contribution in [0.2, 0.25) is 0 Å². The summed E-state index contributed by atoms with van der Waals surface area (Å²) in [6, 6.07) is -1.34. The molecule has 5 unspecified atom stereocenters. The first-order valence-corrected chi connectivity index (χ1v) is 15.2. The Hall–Kier alpha value is -4.07. The van der Waals surface area contributed by atoms with Crippen LogP contribution in [-0.4, -0.2) is 110 Å². The third-order valence-corrected chi connectivity index (χ3v) is 8.62. The molecule has 0 spiro atoms. The molecule has 0 radical (unpaired) electrons. The van der Waals surface area contributed by atoms with E-state index in [1.54, 1.807) is 6.92 Å². The monoisotopic (exact) mass is 663 g/mol. The average Bonchev–Trinajstić information content (AvgIpc) is 3.77.